The van der Waals surface area contributed by atoms with E-state index in [1.54, 1.807) is 0 Å². The molecule has 0 saturated carbocycles. The zero-order valence-electron chi connectivity index (χ0n) is 11.2. The van der Waals surface area contributed by atoms with Gasteiger partial charge in [0, 0.05) is 0 Å². The number of rotatable bonds is 4. The highest BCUT2D eigenvalue weighted by Crippen LogP contribution is 2.33. The molecule has 1 aromatic rings. The predicted octanol–water partition coefficient (Wildman–Crippen LogP) is 3.03. The molecule has 1 aromatic carbocycles. The van der Waals surface area contributed by atoms with Crippen LogP contribution >= 0.6 is 23.2 Å². The molecule has 8 heteroatoms. The number of carboxylic acids is 1. The molecular formula is C13H14Cl2O5S. The number of carboxylic acid groups (broad SMARTS) is 1. The Morgan fingerprint density at radius 1 is 1.38 bits per heavy atom. The summed E-state index contributed by atoms with van der Waals surface area (Å²) in [5.74, 6) is -1.59. The molecule has 1 aliphatic heterocycles. The average Bonchev–Trinajstić information content (AvgIpc) is 2.72. The summed E-state index contributed by atoms with van der Waals surface area (Å²) in [4.78, 5) is 10.9. The van der Waals surface area contributed by atoms with Crippen LogP contribution in [-0.4, -0.2) is 37.5 Å². The maximum atomic E-state index is 12.4. The van der Waals surface area contributed by atoms with Gasteiger partial charge in [0.25, 0.3) is 0 Å². The van der Waals surface area contributed by atoms with Crippen molar-refractivity contribution in [2.75, 3.05) is 5.75 Å². The Kier molecular flexibility index (Phi) is 4.82. The van der Waals surface area contributed by atoms with Crippen molar-refractivity contribution < 1.29 is 23.1 Å². The molecule has 1 heterocycles. The molecule has 2 atom stereocenters. The maximum Gasteiger partial charge on any atom is 0.338 e. The molecule has 0 amide bonds. The van der Waals surface area contributed by atoms with Crippen LogP contribution in [-0.2, 0) is 14.6 Å². The summed E-state index contributed by atoms with van der Waals surface area (Å²) in [5, 5.41) is 8.61. The number of sulfone groups is 1. The molecule has 116 valence electrons. The van der Waals surface area contributed by atoms with Gasteiger partial charge >= 0.3 is 5.97 Å². The monoisotopic (exact) mass is 352 g/mol. The van der Waals surface area contributed by atoms with Crippen LogP contribution in [0.2, 0.25) is 10.0 Å². The third-order valence-corrected chi connectivity index (χ3v) is 5.97. The average molecular weight is 353 g/mol. The first-order valence-electron chi connectivity index (χ1n) is 6.32. The number of carbonyl (C=O) groups is 1. The van der Waals surface area contributed by atoms with Crippen molar-refractivity contribution in [2.45, 2.75) is 36.9 Å². The smallest absolute Gasteiger partial charge is 0.338 e. The minimum absolute atomic E-state index is 0.0282. The van der Waals surface area contributed by atoms with Crippen molar-refractivity contribution in [3.05, 3.63) is 27.7 Å². The van der Waals surface area contributed by atoms with E-state index in [-0.39, 0.29) is 26.8 Å². The van der Waals surface area contributed by atoms with E-state index in [1.165, 1.54) is 12.1 Å². The van der Waals surface area contributed by atoms with Crippen LogP contribution in [0.25, 0.3) is 0 Å². The minimum atomic E-state index is -3.75. The van der Waals surface area contributed by atoms with E-state index in [0.29, 0.717) is 6.42 Å². The number of ether oxygens (including phenoxy) is 1. The molecule has 21 heavy (non-hydrogen) atoms. The Morgan fingerprint density at radius 3 is 2.57 bits per heavy atom. The van der Waals surface area contributed by atoms with Crippen LogP contribution in [0.3, 0.4) is 0 Å². The molecule has 0 radical (unpaired) electrons. The number of hydrogen-bond acceptors (Lipinski definition) is 4. The zero-order chi connectivity index (χ0) is 15.8. The van der Waals surface area contributed by atoms with Gasteiger partial charge in [-0.15, -0.1) is 0 Å². The predicted molar refractivity (Wildman–Crippen MR) is 79.0 cm³/mol. The van der Waals surface area contributed by atoms with Gasteiger partial charge in [0.1, 0.15) is 0 Å². The topological polar surface area (TPSA) is 80.7 Å². The van der Waals surface area contributed by atoms with Crippen molar-refractivity contribution in [2.24, 2.45) is 0 Å². The summed E-state index contributed by atoms with van der Waals surface area (Å²) in [6.07, 6.45) is 1.08. The second kappa shape index (κ2) is 6.12. The van der Waals surface area contributed by atoms with E-state index in [0.717, 1.165) is 6.42 Å². The van der Waals surface area contributed by atoms with E-state index >= 15 is 0 Å². The summed E-state index contributed by atoms with van der Waals surface area (Å²) < 4.78 is 30.3. The first-order valence-corrected chi connectivity index (χ1v) is 8.72. The molecule has 1 aliphatic rings. The molecule has 2 unspecified atom stereocenters. The summed E-state index contributed by atoms with van der Waals surface area (Å²) in [6.45, 7) is 1.88. The van der Waals surface area contributed by atoms with Gasteiger partial charge in [-0.2, -0.15) is 0 Å². The number of benzene rings is 1. The van der Waals surface area contributed by atoms with Gasteiger partial charge in [0.15, 0.2) is 9.84 Å². The molecule has 0 aromatic heterocycles. The minimum Gasteiger partial charge on any atom is -0.478 e. The van der Waals surface area contributed by atoms with E-state index in [9.17, 15) is 13.2 Å². The first kappa shape index (κ1) is 16.5. The van der Waals surface area contributed by atoms with Crippen molar-refractivity contribution in [1.82, 2.24) is 0 Å². The van der Waals surface area contributed by atoms with Gasteiger partial charge in [-0.05, 0) is 31.9 Å². The lowest BCUT2D eigenvalue weighted by Crippen LogP contribution is -2.22. The fraction of sp³-hybridized carbons (Fsp3) is 0.462. The lowest BCUT2D eigenvalue weighted by Gasteiger charge is -2.14. The van der Waals surface area contributed by atoms with Crippen LogP contribution < -0.4 is 0 Å². The molecule has 0 aliphatic carbocycles. The third kappa shape index (κ3) is 3.51. The Bertz CT molecular complexity index is 671. The standard InChI is InChI=1S/C13H14Cl2O5S/c1-7-2-3-8(20-7)6-21(18,19)10-5-4-9(14)11(12(10)15)13(16)17/h4-5,7-8H,2-3,6H2,1H3,(H,16,17). The number of halogens is 2. The second-order valence-electron chi connectivity index (χ2n) is 4.97. The van der Waals surface area contributed by atoms with Crippen molar-refractivity contribution >= 4 is 39.0 Å². The van der Waals surface area contributed by atoms with Gasteiger partial charge in [-0.1, -0.05) is 23.2 Å². The molecule has 1 saturated heterocycles. The Balaban J connectivity index is 2.37. The third-order valence-electron chi connectivity index (χ3n) is 3.33. The van der Waals surface area contributed by atoms with Crippen molar-refractivity contribution in [3.63, 3.8) is 0 Å². The van der Waals surface area contributed by atoms with Gasteiger partial charge in [0.2, 0.25) is 0 Å². The highest BCUT2D eigenvalue weighted by molar-refractivity contribution is 7.91. The van der Waals surface area contributed by atoms with E-state index < -0.39 is 27.5 Å². The largest absolute Gasteiger partial charge is 0.478 e. The van der Waals surface area contributed by atoms with Crippen LogP contribution in [0.15, 0.2) is 17.0 Å². The molecular weight excluding hydrogens is 339 g/mol. The lowest BCUT2D eigenvalue weighted by atomic mass is 10.2. The summed E-state index contributed by atoms with van der Waals surface area (Å²) in [5.41, 5.74) is -0.403. The van der Waals surface area contributed by atoms with E-state index in [2.05, 4.69) is 0 Å². The van der Waals surface area contributed by atoms with Crippen molar-refractivity contribution in [3.8, 4) is 0 Å². The van der Waals surface area contributed by atoms with Gasteiger partial charge in [-0.3, -0.25) is 0 Å². The molecule has 1 N–H and O–H groups in total. The van der Waals surface area contributed by atoms with Crippen molar-refractivity contribution in [1.29, 1.82) is 0 Å². The fourth-order valence-electron chi connectivity index (χ4n) is 2.31. The summed E-state index contributed by atoms with van der Waals surface area (Å²) >= 11 is 11.7. The van der Waals surface area contributed by atoms with Crippen LogP contribution in [0.5, 0.6) is 0 Å². The lowest BCUT2D eigenvalue weighted by molar-refractivity contribution is 0.0688. The van der Waals surface area contributed by atoms with Gasteiger partial charge < -0.3 is 9.84 Å². The summed E-state index contributed by atoms with van der Waals surface area (Å²) in [7, 11) is -3.75. The zero-order valence-corrected chi connectivity index (χ0v) is 13.5. The maximum absolute atomic E-state index is 12.4. The number of aromatic carboxylic acids is 1. The van der Waals surface area contributed by atoms with Crippen LogP contribution in [0.4, 0.5) is 0 Å². The highest BCUT2D eigenvalue weighted by Gasteiger charge is 2.31. The Labute approximate surface area is 132 Å². The molecule has 2 rings (SSSR count). The molecule has 0 spiro atoms. The van der Waals surface area contributed by atoms with E-state index in [1.807, 2.05) is 6.92 Å². The number of hydrogen-bond donors (Lipinski definition) is 1. The second-order valence-corrected chi connectivity index (χ2v) is 7.75. The highest BCUT2D eigenvalue weighted by atomic mass is 35.5. The first-order chi connectivity index (χ1) is 9.72. The molecule has 0 bridgehead atoms. The SMILES string of the molecule is CC1CCC(CS(=O)(=O)c2ccc(Cl)c(C(=O)O)c2Cl)O1. The summed E-state index contributed by atoms with van der Waals surface area (Å²) in [6, 6.07) is 2.45. The quantitative estimate of drug-likeness (QED) is 0.900. The van der Waals surface area contributed by atoms with Gasteiger partial charge in [0.05, 0.1) is 38.5 Å². The Morgan fingerprint density at radius 2 is 2.05 bits per heavy atom. The normalized spacial score (nSPS) is 22.4. The van der Waals surface area contributed by atoms with Gasteiger partial charge in [-0.25, -0.2) is 13.2 Å². The molecule has 1 fully saturated rings. The van der Waals surface area contributed by atoms with Crippen LogP contribution in [0, 0.1) is 0 Å². The van der Waals surface area contributed by atoms with Crippen LogP contribution in [0.1, 0.15) is 30.1 Å². The fourth-order valence-corrected chi connectivity index (χ4v) is 4.76. The van der Waals surface area contributed by atoms with E-state index in [4.69, 9.17) is 33.0 Å². The Hall–Kier alpha value is -0.820. The molecule has 5 nitrogen and oxygen atoms in total.